The maximum atomic E-state index is 12.9. The normalized spacial score (nSPS) is 17.6. The average molecular weight is 219 g/mol. The van der Waals surface area contributed by atoms with E-state index in [4.69, 9.17) is 0 Å². The van der Waals surface area contributed by atoms with Crippen molar-refractivity contribution in [3.8, 4) is 0 Å². The Kier molecular flexibility index (Phi) is 2.42. The molecule has 0 aromatic heterocycles. The van der Waals surface area contributed by atoms with E-state index >= 15 is 0 Å². The number of hydrogen-bond donors (Lipinski definition) is 1. The van der Waals surface area contributed by atoms with Crippen molar-refractivity contribution in [2.24, 2.45) is 0 Å². The van der Waals surface area contributed by atoms with Gasteiger partial charge in [0.25, 0.3) is 0 Å². The van der Waals surface area contributed by atoms with Crippen molar-refractivity contribution in [1.29, 1.82) is 0 Å². The van der Waals surface area contributed by atoms with Gasteiger partial charge in [0, 0.05) is 19.0 Å². The van der Waals surface area contributed by atoms with E-state index < -0.39 is 17.6 Å². The highest BCUT2D eigenvalue weighted by Gasteiger charge is 2.35. The highest BCUT2D eigenvalue weighted by Crippen LogP contribution is 2.33. The van der Waals surface area contributed by atoms with Crippen molar-refractivity contribution >= 4 is 0 Å². The fourth-order valence-electron chi connectivity index (χ4n) is 1.54. The summed E-state index contributed by atoms with van der Waals surface area (Å²) in [4.78, 5) is 0. The summed E-state index contributed by atoms with van der Waals surface area (Å²) in [7, 11) is 0. The van der Waals surface area contributed by atoms with E-state index in [1.54, 1.807) is 0 Å². The SMILES string of the molecule is Fc1ccc(C2CNC2)cc1C(F)(F)F. The molecule has 0 spiro atoms. The molecule has 1 aromatic rings. The van der Waals surface area contributed by atoms with Gasteiger partial charge in [0.15, 0.2) is 0 Å². The van der Waals surface area contributed by atoms with E-state index in [0.717, 1.165) is 12.1 Å². The first kappa shape index (κ1) is 10.4. The molecule has 0 aliphatic carbocycles. The van der Waals surface area contributed by atoms with Gasteiger partial charge in [0.05, 0.1) is 5.56 Å². The highest BCUT2D eigenvalue weighted by molar-refractivity contribution is 5.31. The number of alkyl halides is 3. The van der Waals surface area contributed by atoms with Crippen LogP contribution in [-0.4, -0.2) is 13.1 Å². The third-order valence-corrected chi connectivity index (χ3v) is 2.55. The largest absolute Gasteiger partial charge is 0.419 e. The molecule has 82 valence electrons. The summed E-state index contributed by atoms with van der Waals surface area (Å²) < 4.78 is 50.0. The van der Waals surface area contributed by atoms with E-state index in [9.17, 15) is 17.6 Å². The van der Waals surface area contributed by atoms with Gasteiger partial charge in [-0.15, -0.1) is 0 Å². The van der Waals surface area contributed by atoms with Crippen LogP contribution in [-0.2, 0) is 6.18 Å². The molecule has 1 heterocycles. The molecule has 1 aliphatic rings. The molecule has 15 heavy (non-hydrogen) atoms. The summed E-state index contributed by atoms with van der Waals surface area (Å²) in [5, 5.41) is 2.96. The third-order valence-electron chi connectivity index (χ3n) is 2.55. The molecule has 2 rings (SSSR count). The second kappa shape index (κ2) is 3.48. The monoisotopic (exact) mass is 219 g/mol. The van der Waals surface area contributed by atoms with Crippen molar-refractivity contribution in [3.63, 3.8) is 0 Å². The molecule has 0 amide bonds. The van der Waals surface area contributed by atoms with Gasteiger partial charge >= 0.3 is 6.18 Å². The van der Waals surface area contributed by atoms with Crippen molar-refractivity contribution in [2.75, 3.05) is 13.1 Å². The maximum Gasteiger partial charge on any atom is 0.419 e. The predicted molar refractivity (Wildman–Crippen MR) is 47.0 cm³/mol. The van der Waals surface area contributed by atoms with Gasteiger partial charge in [-0.3, -0.25) is 0 Å². The molecule has 0 bridgehead atoms. The molecular weight excluding hydrogens is 210 g/mol. The third kappa shape index (κ3) is 1.97. The van der Waals surface area contributed by atoms with Crippen molar-refractivity contribution in [1.82, 2.24) is 5.32 Å². The molecule has 0 radical (unpaired) electrons. The fourth-order valence-corrected chi connectivity index (χ4v) is 1.54. The van der Waals surface area contributed by atoms with Crippen LogP contribution in [0.5, 0.6) is 0 Å². The van der Waals surface area contributed by atoms with E-state index in [1.807, 2.05) is 0 Å². The predicted octanol–water partition coefficient (Wildman–Crippen LogP) is 2.53. The molecule has 1 aliphatic heterocycles. The molecule has 1 N–H and O–H groups in total. The first-order valence-electron chi connectivity index (χ1n) is 4.56. The topological polar surface area (TPSA) is 12.0 Å². The first-order valence-corrected chi connectivity index (χ1v) is 4.56. The summed E-state index contributed by atoms with van der Waals surface area (Å²) in [5.74, 6) is -1.13. The zero-order valence-corrected chi connectivity index (χ0v) is 7.74. The molecular formula is C10H9F4N. The lowest BCUT2D eigenvalue weighted by Crippen LogP contribution is -2.40. The lowest BCUT2D eigenvalue weighted by atomic mass is 9.92. The molecule has 1 fully saturated rings. The van der Waals surface area contributed by atoms with Crippen LogP contribution in [0.15, 0.2) is 18.2 Å². The first-order chi connectivity index (χ1) is 6.98. The molecule has 1 nitrogen and oxygen atoms in total. The fraction of sp³-hybridized carbons (Fsp3) is 0.400. The minimum atomic E-state index is -4.61. The van der Waals surface area contributed by atoms with Gasteiger partial charge in [-0.05, 0) is 17.7 Å². The number of halogens is 4. The Labute approximate surface area is 84.1 Å². The number of rotatable bonds is 1. The Bertz CT molecular complexity index is 368. The summed E-state index contributed by atoms with van der Waals surface area (Å²) in [6, 6.07) is 3.20. The summed E-state index contributed by atoms with van der Waals surface area (Å²) >= 11 is 0. The Morgan fingerprint density at radius 1 is 1.20 bits per heavy atom. The molecule has 0 atom stereocenters. The second-order valence-electron chi connectivity index (χ2n) is 3.59. The van der Waals surface area contributed by atoms with Gasteiger partial charge in [0.2, 0.25) is 0 Å². The lowest BCUT2D eigenvalue weighted by molar-refractivity contribution is -0.140. The van der Waals surface area contributed by atoms with Crippen LogP contribution < -0.4 is 5.32 Å². The molecule has 1 aromatic carbocycles. The molecule has 0 saturated carbocycles. The van der Waals surface area contributed by atoms with Crippen LogP contribution in [0.3, 0.4) is 0 Å². The van der Waals surface area contributed by atoms with Gasteiger partial charge < -0.3 is 5.32 Å². The zero-order chi connectivity index (χ0) is 11.1. The Balaban J connectivity index is 2.36. The molecule has 0 unspecified atom stereocenters. The van der Waals surface area contributed by atoms with Gasteiger partial charge in [0.1, 0.15) is 5.82 Å². The van der Waals surface area contributed by atoms with E-state index in [2.05, 4.69) is 5.32 Å². The van der Waals surface area contributed by atoms with E-state index in [-0.39, 0.29) is 5.92 Å². The van der Waals surface area contributed by atoms with Crippen molar-refractivity contribution in [2.45, 2.75) is 12.1 Å². The van der Waals surface area contributed by atoms with Gasteiger partial charge in [-0.1, -0.05) is 6.07 Å². The van der Waals surface area contributed by atoms with Gasteiger partial charge in [-0.2, -0.15) is 13.2 Å². The van der Waals surface area contributed by atoms with E-state index in [1.165, 1.54) is 6.07 Å². The minimum absolute atomic E-state index is 0.0756. The van der Waals surface area contributed by atoms with Crippen LogP contribution in [0.2, 0.25) is 0 Å². The summed E-state index contributed by atoms with van der Waals surface area (Å²) in [6.07, 6.45) is -4.61. The average Bonchev–Trinajstić information content (AvgIpc) is 2.03. The van der Waals surface area contributed by atoms with Crippen LogP contribution in [0.1, 0.15) is 17.0 Å². The van der Waals surface area contributed by atoms with Crippen LogP contribution >= 0.6 is 0 Å². The van der Waals surface area contributed by atoms with Crippen LogP contribution in [0.4, 0.5) is 17.6 Å². The quantitative estimate of drug-likeness (QED) is 0.715. The smallest absolute Gasteiger partial charge is 0.315 e. The Morgan fingerprint density at radius 2 is 1.87 bits per heavy atom. The molecule has 5 heteroatoms. The lowest BCUT2D eigenvalue weighted by Gasteiger charge is -2.28. The van der Waals surface area contributed by atoms with Crippen molar-refractivity contribution < 1.29 is 17.6 Å². The minimum Gasteiger partial charge on any atom is -0.315 e. The maximum absolute atomic E-state index is 12.9. The van der Waals surface area contributed by atoms with Crippen molar-refractivity contribution in [3.05, 3.63) is 35.1 Å². The number of hydrogen-bond acceptors (Lipinski definition) is 1. The van der Waals surface area contributed by atoms with E-state index in [0.29, 0.717) is 18.7 Å². The Hall–Kier alpha value is -1.10. The summed E-state index contributed by atoms with van der Waals surface area (Å²) in [5.41, 5.74) is -0.630. The molecule has 1 saturated heterocycles. The highest BCUT2D eigenvalue weighted by atomic mass is 19.4. The number of benzene rings is 1. The Morgan fingerprint density at radius 3 is 2.33 bits per heavy atom. The second-order valence-corrected chi connectivity index (χ2v) is 3.59. The number of nitrogens with one attached hydrogen (secondary N) is 1. The standard InChI is InChI=1S/C10H9F4N/c11-9-2-1-6(7-4-15-5-7)3-8(9)10(12,13)14/h1-3,7,15H,4-5H2. The zero-order valence-electron chi connectivity index (χ0n) is 7.74. The van der Waals surface area contributed by atoms with Crippen LogP contribution in [0, 0.1) is 5.82 Å². The van der Waals surface area contributed by atoms with Crippen LogP contribution in [0.25, 0.3) is 0 Å². The summed E-state index contributed by atoms with van der Waals surface area (Å²) in [6.45, 7) is 1.31. The van der Waals surface area contributed by atoms with Gasteiger partial charge in [-0.25, -0.2) is 4.39 Å².